The van der Waals surface area contributed by atoms with E-state index in [1.54, 1.807) is 17.0 Å². The Kier molecular flexibility index (Phi) is 6.52. The molecule has 2 aromatic rings. The average molecular weight is 397 g/mol. The second-order valence-electron chi connectivity index (χ2n) is 7.55. The molecule has 154 valence electrons. The minimum atomic E-state index is -0.249. The Morgan fingerprint density at radius 2 is 1.66 bits per heavy atom. The van der Waals surface area contributed by atoms with Crippen LogP contribution in [0.4, 0.5) is 15.8 Å². The van der Waals surface area contributed by atoms with Crippen LogP contribution < -0.4 is 9.80 Å². The van der Waals surface area contributed by atoms with Crippen LogP contribution >= 0.6 is 0 Å². The Labute approximate surface area is 171 Å². The summed E-state index contributed by atoms with van der Waals surface area (Å²) in [5, 5.41) is 0. The van der Waals surface area contributed by atoms with Gasteiger partial charge in [-0.25, -0.2) is 4.39 Å². The van der Waals surface area contributed by atoms with Crippen molar-refractivity contribution in [1.82, 2.24) is 4.90 Å². The summed E-state index contributed by atoms with van der Waals surface area (Å²) in [5.74, 6) is -0.257. The van der Waals surface area contributed by atoms with Gasteiger partial charge in [-0.05, 0) is 49.7 Å². The van der Waals surface area contributed by atoms with E-state index >= 15 is 0 Å². The smallest absolute Gasteiger partial charge is 0.224 e. The molecule has 5 nitrogen and oxygen atoms in total. The fourth-order valence-electron chi connectivity index (χ4n) is 3.79. The largest absolute Gasteiger partial charge is 0.368 e. The number of carbonyl (C=O) groups excluding carboxylic acids is 2. The summed E-state index contributed by atoms with van der Waals surface area (Å²) in [4.78, 5) is 30.5. The predicted molar refractivity (Wildman–Crippen MR) is 114 cm³/mol. The number of benzene rings is 2. The van der Waals surface area contributed by atoms with E-state index in [1.165, 1.54) is 19.1 Å². The van der Waals surface area contributed by atoms with Crippen LogP contribution in [0.5, 0.6) is 0 Å². The molecule has 0 saturated carbocycles. The van der Waals surface area contributed by atoms with Crippen molar-refractivity contribution in [3.8, 4) is 0 Å². The maximum Gasteiger partial charge on any atom is 0.224 e. The van der Waals surface area contributed by atoms with Gasteiger partial charge in [-0.3, -0.25) is 9.59 Å². The summed E-state index contributed by atoms with van der Waals surface area (Å²) in [5.41, 5.74) is 4.00. The molecule has 0 bridgehead atoms. The van der Waals surface area contributed by atoms with Gasteiger partial charge in [-0.1, -0.05) is 17.7 Å². The molecule has 0 spiro atoms. The van der Waals surface area contributed by atoms with Crippen molar-refractivity contribution in [2.24, 2.45) is 0 Å². The molecule has 6 heteroatoms. The highest BCUT2D eigenvalue weighted by Crippen LogP contribution is 2.22. The fraction of sp³-hybridized carbons (Fsp3) is 0.391. The molecule has 0 atom stereocenters. The Bertz CT molecular complexity index is 874. The van der Waals surface area contributed by atoms with Crippen LogP contribution in [0.3, 0.4) is 0 Å². The number of hydrogen-bond donors (Lipinski definition) is 0. The predicted octanol–water partition coefficient (Wildman–Crippen LogP) is 3.53. The molecular formula is C23H28FN3O2. The van der Waals surface area contributed by atoms with Gasteiger partial charge in [0.25, 0.3) is 0 Å². The number of piperazine rings is 1. The minimum absolute atomic E-state index is 0.0553. The third kappa shape index (κ3) is 5.13. The van der Waals surface area contributed by atoms with E-state index in [2.05, 4.69) is 4.90 Å². The molecule has 1 heterocycles. The lowest BCUT2D eigenvalue weighted by atomic mass is 10.1. The normalized spacial score (nSPS) is 14.1. The van der Waals surface area contributed by atoms with Gasteiger partial charge in [0.05, 0.1) is 0 Å². The van der Waals surface area contributed by atoms with Gasteiger partial charge in [0.2, 0.25) is 11.8 Å². The van der Waals surface area contributed by atoms with E-state index in [4.69, 9.17) is 0 Å². The van der Waals surface area contributed by atoms with E-state index in [-0.39, 0.29) is 17.6 Å². The number of halogens is 1. The van der Waals surface area contributed by atoms with Crippen molar-refractivity contribution in [3.63, 3.8) is 0 Å². The fourth-order valence-corrected chi connectivity index (χ4v) is 3.79. The van der Waals surface area contributed by atoms with Gasteiger partial charge < -0.3 is 14.7 Å². The lowest BCUT2D eigenvalue weighted by Gasteiger charge is -2.36. The molecule has 1 aliphatic rings. The maximum atomic E-state index is 13.1. The monoisotopic (exact) mass is 397 g/mol. The quantitative estimate of drug-likeness (QED) is 0.775. The number of anilines is 2. The summed E-state index contributed by atoms with van der Waals surface area (Å²) in [7, 11) is 0. The second-order valence-corrected chi connectivity index (χ2v) is 7.55. The number of aryl methyl sites for hydroxylation is 2. The molecule has 1 fully saturated rings. The van der Waals surface area contributed by atoms with E-state index in [1.807, 2.05) is 36.9 Å². The highest BCUT2D eigenvalue weighted by molar-refractivity contribution is 5.93. The lowest BCUT2D eigenvalue weighted by Crippen LogP contribution is -2.49. The summed E-state index contributed by atoms with van der Waals surface area (Å²) < 4.78 is 13.1. The molecule has 29 heavy (non-hydrogen) atoms. The third-order valence-electron chi connectivity index (χ3n) is 5.40. The Hall–Kier alpha value is -2.89. The number of amides is 2. The molecule has 0 radical (unpaired) electrons. The van der Waals surface area contributed by atoms with Crippen LogP contribution in [0.15, 0.2) is 42.5 Å². The number of rotatable bonds is 5. The van der Waals surface area contributed by atoms with Crippen molar-refractivity contribution >= 4 is 23.2 Å². The molecule has 0 unspecified atom stereocenters. The van der Waals surface area contributed by atoms with Crippen LogP contribution in [0.25, 0.3) is 0 Å². The minimum Gasteiger partial charge on any atom is -0.368 e. The zero-order valence-electron chi connectivity index (χ0n) is 17.3. The van der Waals surface area contributed by atoms with Crippen LogP contribution in [-0.4, -0.2) is 49.4 Å². The first kappa shape index (κ1) is 20.8. The second kappa shape index (κ2) is 9.07. The van der Waals surface area contributed by atoms with Gasteiger partial charge in [0.15, 0.2) is 0 Å². The van der Waals surface area contributed by atoms with Crippen molar-refractivity contribution in [2.45, 2.75) is 27.2 Å². The Morgan fingerprint density at radius 3 is 2.24 bits per heavy atom. The van der Waals surface area contributed by atoms with Crippen LogP contribution in [0.1, 0.15) is 24.5 Å². The van der Waals surface area contributed by atoms with Gasteiger partial charge >= 0.3 is 0 Å². The SMILES string of the molecule is CC(=O)N(CCC(=O)N1CCN(c2ccc(F)cc2)CC1)c1ccc(C)cc1C. The highest BCUT2D eigenvalue weighted by Gasteiger charge is 2.23. The molecule has 0 N–H and O–H groups in total. The van der Waals surface area contributed by atoms with Gasteiger partial charge in [0.1, 0.15) is 5.82 Å². The van der Waals surface area contributed by atoms with Gasteiger partial charge in [-0.15, -0.1) is 0 Å². The average Bonchev–Trinajstić information content (AvgIpc) is 2.70. The van der Waals surface area contributed by atoms with E-state index in [0.29, 0.717) is 39.1 Å². The van der Waals surface area contributed by atoms with Crippen LogP contribution in [-0.2, 0) is 9.59 Å². The lowest BCUT2D eigenvalue weighted by molar-refractivity contribution is -0.131. The van der Waals surface area contributed by atoms with Gasteiger partial charge in [0, 0.05) is 57.4 Å². The Balaban J connectivity index is 1.56. The van der Waals surface area contributed by atoms with Gasteiger partial charge in [-0.2, -0.15) is 0 Å². The van der Waals surface area contributed by atoms with E-state index in [0.717, 1.165) is 22.5 Å². The summed E-state index contributed by atoms with van der Waals surface area (Å²) in [6.07, 6.45) is 0.295. The van der Waals surface area contributed by atoms with Crippen molar-refractivity contribution in [2.75, 3.05) is 42.5 Å². The van der Waals surface area contributed by atoms with E-state index in [9.17, 15) is 14.0 Å². The number of nitrogens with zero attached hydrogens (tertiary/aromatic N) is 3. The van der Waals surface area contributed by atoms with Crippen LogP contribution in [0, 0.1) is 19.7 Å². The molecule has 1 aliphatic heterocycles. The zero-order chi connectivity index (χ0) is 21.0. The zero-order valence-corrected chi connectivity index (χ0v) is 17.3. The maximum absolute atomic E-state index is 13.1. The van der Waals surface area contributed by atoms with E-state index < -0.39 is 0 Å². The molecular weight excluding hydrogens is 369 g/mol. The molecule has 1 saturated heterocycles. The molecule has 2 aromatic carbocycles. The molecule has 2 amide bonds. The van der Waals surface area contributed by atoms with Crippen molar-refractivity contribution in [3.05, 3.63) is 59.4 Å². The highest BCUT2D eigenvalue weighted by atomic mass is 19.1. The topological polar surface area (TPSA) is 43.9 Å². The molecule has 0 aromatic heterocycles. The first-order valence-electron chi connectivity index (χ1n) is 9.99. The molecule has 0 aliphatic carbocycles. The van der Waals surface area contributed by atoms with Crippen LogP contribution in [0.2, 0.25) is 0 Å². The standard InChI is InChI=1S/C23H28FN3O2/c1-17-4-9-22(18(2)16-17)27(19(3)28)11-10-23(29)26-14-12-25(13-15-26)21-7-5-20(24)6-8-21/h4-9,16H,10-15H2,1-3H3. The first-order valence-corrected chi connectivity index (χ1v) is 9.99. The number of carbonyl (C=O) groups is 2. The molecule has 3 rings (SSSR count). The third-order valence-corrected chi connectivity index (χ3v) is 5.40. The Morgan fingerprint density at radius 1 is 1.00 bits per heavy atom. The summed E-state index contributed by atoms with van der Waals surface area (Å²) in [6.45, 7) is 8.58. The number of hydrogen-bond acceptors (Lipinski definition) is 3. The van der Waals surface area contributed by atoms with Crippen molar-refractivity contribution in [1.29, 1.82) is 0 Å². The summed E-state index contributed by atoms with van der Waals surface area (Å²) in [6, 6.07) is 12.4. The summed E-state index contributed by atoms with van der Waals surface area (Å²) >= 11 is 0. The van der Waals surface area contributed by atoms with Crippen molar-refractivity contribution < 1.29 is 14.0 Å². The first-order chi connectivity index (χ1) is 13.8.